The van der Waals surface area contributed by atoms with E-state index in [0.29, 0.717) is 0 Å². The van der Waals surface area contributed by atoms with Crippen LogP contribution in [-0.2, 0) is 0 Å². The molecule has 1 heterocycles. The second-order valence-corrected chi connectivity index (χ2v) is 5.13. The van der Waals surface area contributed by atoms with Crippen molar-refractivity contribution in [1.29, 1.82) is 0 Å². The van der Waals surface area contributed by atoms with Crippen LogP contribution in [-0.4, -0.2) is 25.8 Å². The Bertz CT molecular complexity index is 744. The minimum atomic E-state index is 0. The van der Waals surface area contributed by atoms with Crippen molar-refractivity contribution in [3.05, 3.63) is 52.3 Å². The molecule has 0 aromatic heterocycles. The lowest BCUT2D eigenvalue weighted by molar-refractivity contribution is -0.111. The van der Waals surface area contributed by atoms with Gasteiger partial charge in [0.2, 0.25) is 5.71 Å². The first-order chi connectivity index (χ1) is 9.04. The fourth-order valence-corrected chi connectivity index (χ4v) is 2.26. The molecule has 1 aromatic carbocycles. The van der Waals surface area contributed by atoms with Gasteiger partial charge in [0.05, 0.1) is 16.4 Å². The average Bonchev–Trinajstić information content (AvgIpc) is 2.37. The Kier molecular flexibility index (Phi) is 3.77. The number of rotatable bonds is 1. The number of halogens is 1. The molecule has 20 heavy (non-hydrogen) atoms. The maximum Gasteiger partial charge on any atom is 0.201 e. The van der Waals surface area contributed by atoms with Gasteiger partial charge >= 0.3 is 0 Å². The number of allylic oxidation sites excluding steroid dienone is 2. The molecule has 0 amide bonds. The average molecular weight is 289 g/mol. The molecule has 0 bridgehead atoms. The Balaban J connectivity index is 0.00000147. The van der Waals surface area contributed by atoms with Crippen LogP contribution in [0.5, 0.6) is 0 Å². The lowest BCUT2D eigenvalue weighted by Crippen LogP contribution is -3.00. The lowest BCUT2D eigenvalue weighted by atomic mass is 9.98. The van der Waals surface area contributed by atoms with Crippen molar-refractivity contribution >= 4 is 11.4 Å². The van der Waals surface area contributed by atoms with Crippen molar-refractivity contribution in [3.8, 4) is 0 Å². The molecule has 0 radical (unpaired) electrons. The van der Waals surface area contributed by atoms with Gasteiger partial charge in [-0.15, -0.1) is 0 Å². The third kappa shape index (κ3) is 2.39. The summed E-state index contributed by atoms with van der Waals surface area (Å²) in [5, 5.41) is 7.80. The Morgan fingerprint density at radius 1 is 1.20 bits per heavy atom. The number of nitrogens with zero attached hydrogens (tertiary/aromatic N) is 3. The van der Waals surface area contributed by atoms with Crippen LogP contribution < -0.4 is 33.4 Å². The number of hydrogen-bond donors (Lipinski definition) is 1. The second-order valence-electron chi connectivity index (χ2n) is 5.13. The minimum Gasteiger partial charge on any atom is -1.00 e. The zero-order chi connectivity index (χ0) is 13.6. The van der Waals surface area contributed by atoms with Gasteiger partial charge in [-0.1, -0.05) is 0 Å². The summed E-state index contributed by atoms with van der Waals surface area (Å²) < 4.78 is 0. The van der Waals surface area contributed by atoms with Gasteiger partial charge in [0, 0.05) is 31.4 Å². The van der Waals surface area contributed by atoms with Crippen LogP contribution in [0.25, 0.3) is 0 Å². The third-order valence-electron chi connectivity index (χ3n) is 3.47. The summed E-state index contributed by atoms with van der Waals surface area (Å²) in [6.45, 7) is 2.00. The van der Waals surface area contributed by atoms with Crippen molar-refractivity contribution in [3.63, 3.8) is 0 Å². The molecule has 0 fully saturated rings. The van der Waals surface area contributed by atoms with E-state index < -0.39 is 0 Å². The van der Waals surface area contributed by atoms with Crippen LogP contribution in [0.4, 0.5) is 5.69 Å². The summed E-state index contributed by atoms with van der Waals surface area (Å²) in [6.07, 6.45) is 3.99. The molecule has 1 aliphatic carbocycles. The summed E-state index contributed by atoms with van der Waals surface area (Å²) in [7, 11) is 4.03. The summed E-state index contributed by atoms with van der Waals surface area (Å²) >= 11 is 0. The smallest absolute Gasteiger partial charge is 0.201 e. The SMILES string of the molecule is CC1=CC2N=c3ccc(N(C)C)cc3=NC2=CC1=[NH2+].[Cl-]. The monoisotopic (exact) mass is 288 g/mol. The molecule has 1 aliphatic heterocycles. The van der Waals surface area contributed by atoms with Crippen LogP contribution in [0.3, 0.4) is 0 Å². The largest absolute Gasteiger partial charge is 1.00 e. The molecule has 1 atom stereocenters. The topological polar surface area (TPSA) is 53.5 Å². The van der Waals surface area contributed by atoms with Gasteiger partial charge in [-0.3, -0.25) is 10.4 Å². The van der Waals surface area contributed by atoms with E-state index in [1.807, 2.05) is 33.2 Å². The van der Waals surface area contributed by atoms with Gasteiger partial charge in [0.15, 0.2) is 0 Å². The van der Waals surface area contributed by atoms with Crippen molar-refractivity contribution in [2.24, 2.45) is 9.98 Å². The third-order valence-corrected chi connectivity index (χ3v) is 3.47. The van der Waals surface area contributed by atoms with E-state index in [4.69, 9.17) is 15.4 Å². The molecule has 2 N–H and O–H groups in total. The quantitative estimate of drug-likeness (QED) is 0.571. The zero-order valence-corrected chi connectivity index (χ0v) is 12.5. The summed E-state index contributed by atoms with van der Waals surface area (Å²) in [4.78, 5) is 11.5. The van der Waals surface area contributed by atoms with Crippen molar-refractivity contribution < 1.29 is 17.8 Å². The molecular weight excluding hydrogens is 272 g/mol. The molecule has 1 aromatic rings. The molecular formula is C15H17ClN4. The van der Waals surface area contributed by atoms with Crippen LogP contribution in [0.15, 0.2) is 51.6 Å². The van der Waals surface area contributed by atoms with Crippen molar-refractivity contribution in [1.82, 2.24) is 0 Å². The number of anilines is 1. The maximum absolute atomic E-state index is 5.95. The Labute approximate surface area is 124 Å². The highest BCUT2D eigenvalue weighted by atomic mass is 35.5. The molecule has 2 aliphatic rings. The van der Waals surface area contributed by atoms with Gasteiger partial charge in [-0.05, 0) is 31.2 Å². The van der Waals surface area contributed by atoms with E-state index >= 15 is 0 Å². The highest BCUT2D eigenvalue weighted by Gasteiger charge is 2.21. The standard InChI is InChI=1S/C15H16N4.ClH/c1-9-6-13-15(8-11(9)16)18-14-7-10(19(2)3)4-5-12(14)17-13;/h4-8,13,16H,1-3H3;1H. The van der Waals surface area contributed by atoms with Crippen LogP contribution in [0, 0.1) is 0 Å². The molecule has 1 unspecified atom stereocenters. The van der Waals surface area contributed by atoms with Crippen molar-refractivity contribution in [2.45, 2.75) is 13.0 Å². The highest BCUT2D eigenvalue weighted by molar-refractivity contribution is 6.05. The molecule has 0 saturated heterocycles. The Morgan fingerprint density at radius 2 is 1.95 bits per heavy atom. The number of benzene rings is 1. The predicted octanol–water partition coefficient (Wildman–Crippen LogP) is -3.58. The van der Waals surface area contributed by atoms with E-state index in [1.165, 1.54) is 0 Å². The summed E-state index contributed by atoms with van der Waals surface area (Å²) in [6, 6.07) is 6.14. The Morgan fingerprint density at radius 3 is 2.65 bits per heavy atom. The molecule has 3 rings (SSSR count). The van der Waals surface area contributed by atoms with Crippen LogP contribution in [0.1, 0.15) is 6.92 Å². The van der Waals surface area contributed by atoms with E-state index in [1.54, 1.807) is 0 Å². The van der Waals surface area contributed by atoms with E-state index in [9.17, 15) is 0 Å². The fraction of sp³-hybridized carbons (Fsp3) is 0.267. The Hall–Kier alpha value is -1.94. The zero-order valence-electron chi connectivity index (χ0n) is 11.8. The van der Waals surface area contributed by atoms with E-state index in [2.05, 4.69) is 23.1 Å². The molecule has 0 saturated carbocycles. The van der Waals surface area contributed by atoms with Gasteiger partial charge in [0.1, 0.15) is 6.04 Å². The molecule has 5 heteroatoms. The number of hydrogen-bond acceptors (Lipinski definition) is 3. The van der Waals surface area contributed by atoms with Crippen molar-refractivity contribution in [2.75, 3.05) is 19.0 Å². The van der Waals surface area contributed by atoms with E-state index in [-0.39, 0.29) is 18.4 Å². The van der Waals surface area contributed by atoms with Gasteiger partial charge in [0.25, 0.3) is 0 Å². The fourth-order valence-electron chi connectivity index (χ4n) is 2.26. The highest BCUT2D eigenvalue weighted by Crippen LogP contribution is 2.19. The molecule has 0 spiro atoms. The lowest BCUT2D eigenvalue weighted by Gasteiger charge is -2.18. The number of fused-ring (bicyclic) bond motifs is 2. The maximum atomic E-state index is 5.95. The molecule has 104 valence electrons. The van der Waals surface area contributed by atoms with Gasteiger partial charge in [-0.25, -0.2) is 4.99 Å². The predicted molar refractivity (Wildman–Crippen MR) is 75.6 cm³/mol. The minimum absolute atomic E-state index is 0. The van der Waals surface area contributed by atoms with Gasteiger partial charge < -0.3 is 17.3 Å². The van der Waals surface area contributed by atoms with Crippen LogP contribution in [0.2, 0.25) is 0 Å². The molecule has 4 nitrogen and oxygen atoms in total. The van der Waals surface area contributed by atoms with Gasteiger partial charge in [-0.2, -0.15) is 0 Å². The summed E-state index contributed by atoms with van der Waals surface area (Å²) in [5.41, 5.74) is 3.89. The first-order valence-corrected chi connectivity index (χ1v) is 6.31. The first kappa shape index (κ1) is 14.5. The summed E-state index contributed by atoms with van der Waals surface area (Å²) in [5.74, 6) is 0. The second kappa shape index (κ2) is 5.21. The normalized spacial score (nSPS) is 19.4. The van der Waals surface area contributed by atoms with E-state index in [0.717, 1.165) is 33.4 Å². The number of nitrogens with two attached hydrogens (primary N) is 1. The van der Waals surface area contributed by atoms with Crippen LogP contribution >= 0.6 is 0 Å². The first-order valence-electron chi connectivity index (χ1n) is 6.31.